The van der Waals surface area contributed by atoms with Gasteiger partial charge in [-0.25, -0.2) is 4.98 Å². The van der Waals surface area contributed by atoms with E-state index >= 15 is 0 Å². The summed E-state index contributed by atoms with van der Waals surface area (Å²) in [6.45, 7) is 0.291. The minimum atomic E-state index is -0.264. The predicted molar refractivity (Wildman–Crippen MR) is 80.9 cm³/mol. The third-order valence-corrected chi connectivity index (χ3v) is 4.15. The van der Waals surface area contributed by atoms with Gasteiger partial charge in [-0.2, -0.15) is 5.26 Å². The molecule has 0 saturated heterocycles. The Labute approximate surface area is 127 Å². The molecule has 2 aromatic rings. The van der Waals surface area contributed by atoms with Crippen molar-refractivity contribution in [2.45, 2.75) is 31.8 Å². The van der Waals surface area contributed by atoms with E-state index in [2.05, 4.69) is 11.1 Å². The number of rotatable bonds is 4. The Morgan fingerprint density at radius 3 is 2.95 bits per heavy atom. The molecule has 2 N–H and O–H groups in total. The molecule has 21 heavy (non-hydrogen) atoms. The van der Waals surface area contributed by atoms with Gasteiger partial charge in [0.05, 0.1) is 34.5 Å². The maximum Gasteiger partial charge on any atom is 0.262 e. The van der Waals surface area contributed by atoms with Crippen LogP contribution in [0, 0.1) is 17.2 Å². The summed E-state index contributed by atoms with van der Waals surface area (Å²) < 4.78 is 1.51. The number of hydrogen-bond donors (Lipinski definition) is 1. The number of benzene rings is 1. The Hall–Kier alpha value is -1.90. The summed E-state index contributed by atoms with van der Waals surface area (Å²) in [5.74, 6) is 0.939. The molecular weight excluding hydrogens is 288 g/mol. The Bertz CT molecular complexity index is 789. The van der Waals surface area contributed by atoms with Gasteiger partial charge < -0.3 is 5.73 Å². The molecular formula is C15H15ClN4O. The van der Waals surface area contributed by atoms with Crippen molar-refractivity contribution in [3.63, 3.8) is 0 Å². The summed E-state index contributed by atoms with van der Waals surface area (Å²) in [5.41, 5.74) is 6.58. The number of nitriles is 1. The van der Waals surface area contributed by atoms with Gasteiger partial charge in [-0.15, -0.1) is 0 Å². The van der Waals surface area contributed by atoms with Crippen LogP contribution in [-0.4, -0.2) is 9.55 Å². The molecule has 0 radical (unpaired) electrons. The van der Waals surface area contributed by atoms with Crippen LogP contribution < -0.4 is 11.3 Å². The van der Waals surface area contributed by atoms with Crippen LogP contribution >= 0.6 is 11.6 Å². The first-order valence-electron chi connectivity index (χ1n) is 6.95. The molecule has 1 heterocycles. The predicted octanol–water partition coefficient (Wildman–Crippen LogP) is 2.37. The second-order valence-electron chi connectivity index (χ2n) is 5.33. The number of fused-ring (bicyclic) bond motifs is 1. The molecule has 0 bridgehead atoms. The van der Waals surface area contributed by atoms with E-state index in [0.29, 0.717) is 34.2 Å². The van der Waals surface area contributed by atoms with Gasteiger partial charge >= 0.3 is 0 Å². The van der Waals surface area contributed by atoms with Crippen LogP contribution in [-0.2, 0) is 6.54 Å². The van der Waals surface area contributed by atoms with Crippen molar-refractivity contribution in [2.24, 2.45) is 11.7 Å². The summed E-state index contributed by atoms with van der Waals surface area (Å²) >= 11 is 6.13. The SMILES string of the molecule is N#CCCn1c([C@@H](N)C2CC2)nc2cccc(Cl)c2c1=O. The van der Waals surface area contributed by atoms with Gasteiger partial charge in [-0.1, -0.05) is 17.7 Å². The normalized spacial score (nSPS) is 15.9. The third-order valence-electron chi connectivity index (χ3n) is 3.84. The maximum absolute atomic E-state index is 12.7. The van der Waals surface area contributed by atoms with Gasteiger partial charge in [-0.3, -0.25) is 9.36 Å². The molecule has 3 rings (SSSR count). The van der Waals surface area contributed by atoms with E-state index in [4.69, 9.17) is 22.6 Å². The van der Waals surface area contributed by atoms with Gasteiger partial charge in [0.15, 0.2) is 0 Å². The highest BCUT2D eigenvalue weighted by molar-refractivity contribution is 6.35. The maximum atomic E-state index is 12.7. The standard InChI is InChI=1S/C15H15ClN4O/c16-10-3-1-4-11-12(10)15(21)20(8-2-7-17)14(19-11)13(18)9-5-6-9/h1,3-4,9,13H,2,5-6,8,18H2/t13-/m0/s1. The molecule has 1 aromatic heterocycles. The van der Waals surface area contributed by atoms with Gasteiger partial charge in [0, 0.05) is 6.54 Å². The van der Waals surface area contributed by atoms with Crippen molar-refractivity contribution in [1.29, 1.82) is 5.26 Å². The van der Waals surface area contributed by atoms with E-state index in [1.807, 2.05) is 0 Å². The number of hydrogen-bond acceptors (Lipinski definition) is 4. The van der Waals surface area contributed by atoms with E-state index in [9.17, 15) is 4.79 Å². The Morgan fingerprint density at radius 1 is 1.52 bits per heavy atom. The van der Waals surface area contributed by atoms with Gasteiger partial charge in [0.1, 0.15) is 5.82 Å². The highest BCUT2D eigenvalue weighted by atomic mass is 35.5. The first kappa shape index (κ1) is 14.1. The smallest absolute Gasteiger partial charge is 0.262 e. The van der Waals surface area contributed by atoms with Crippen LogP contribution in [0.25, 0.3) is 10.9 Å². The van der Waals surface area contributed by atoms with Crippen molar-refractivity contribution in [3.8, 4) is 6.07 Å². The number of nitrogens with zero attached hydrogens (tertiary/aromatic N) is 3. The van der Waals surface area contributed by atoms with Crippen LogP contribution in [0.2, 0.25) is 5.02 Å². The fraction of sp³-hybridized carbons (Fsp3) is 0.400. The number of aromatic nitrogens is 2. The average Bonchev–Trinajstić information content (AvgIpc) is 3.30. The molecule has 6 heteroatoms. The number of halogens is 1. The summed E-state index contributed by atoms with van der Waals surface area (Å²) in [7, 11) is 0. The topological polar surface area (TPSA) is 84.7 Å². The molecule has 1 aromatic carbocycles. The molecule has 1 aliphatic carbocycles. The summed E-state index contributed by atoms with van der Waals surface area (Å²) in [4.78, 5) is 17.3. The lowest BCUT2D eigenvalue weighted by Gasteiger charge is -2.17. The molecule has 1 aliphatic rings. The minimum Gasteiger partial charge on any atom is -0.321 e. The second-order valence-corrected chi connectivity index (χ2v) is 5.74. The zero-order valence-corrected chi connectivity index (χ0v) is 12.2. The van der Waals surface area contributed by atoms with Crippen molar-refractivity contribution in [1.82, 2.24) is 9.55 Å². The largest absolute Gasteiger partial charge is 0.321 e. The third kappa shape index (κ3) is 2.53. The fourth-order valence-electron chi connectivity index (χ4n) is 2.54. The molecule has 0 aliphatic heterocycles. The fourth-order valence-corrected chi connectivity index (χ4v) is 2.79. The highest BCUT2D eigenvalue weighted by Gasteiger charge is 2.32. The molecule has 1 fully saturated rings. The first-order valence-corrected chi connectivity index (χ1v) is 7.32. The van der Waals surface area contributed by atoms with Crippen LogP contribution in [0.4, 0.5) is 0 Å². The molecule has 1 atom stereocenters. The molecule has 0 amide bonds. The lowest BCUT2D eigenvalue weighted by Crippen LogP contribution is -2.30. The Kier molecular flexibility index (Phi) is 3.66. The lowest BCUT2D eigenvalue weighted by atomic mass is 10.1. The van der Waals surface area contributed by atoms with Crippen LogP contribution in [0.1, 0.15) is 31.1 Å². The molecule has 0 spiro atoms. The zero-order valence-electron chi connectivity index (χ0n) is 11.4. The quantitative estimate of drug-likeness (QED) is 0.939. The average molecular weight is 303 g/mol. The van der Waals surface area contributed by atoms with Crippen LogP contribution in [0.3, 0.4) is 0 Å². The van der Waals surface area contributed by atoms with E-state index in [1.54, 1.807) is 18.2 Å². The lowest BCUT2D eigenvalue weighted by molar-refractivity contribution is 0.524. The van der Waals surface area contributed by atoms with Crippen molar-refractivity contribution in [2.75, 3.05) is 0 Å². The van der Waals surface area contributed by atoms with Crippen molar-refractivity contribution >= 4 is 22.5 Å². The van der Waals surface area contributed by atoms with Crippen LogP contribution in [0.5, 0.6) is 0 Å². The monoisotopic (exact) mass is 302 g/mol. The van der Waals surface area contributed by atoms with Crippen molar-refractivity contribution in [3.05, 3.63) is 39.4 Å². The van der Waals surface area contributed by atoms with Gasteiger partial charge in [0.25, 0.3) is 5.56 Å². The van der Waals surface area contributed by atoms with Gasteiger partial charge in [0.2, 0.25) is 0 Å². The molecule has 5 nitrogen and oxygen atoms in total. The molecule has 0 unspecified atom stereocenters. The summed E-state index contributed by atoms with van der Waals surface area (Å²) in [6.07, 6.45) is 2.35. The molecule has 108 valence electrons. The summed E-state index contributed by atoms with van der Waals surface area (Å²) in [5, 5.41) is 9.56. The molecule has 1 saturated carbocycles. The van der Waals surface area contributed by atoms with Crippen LogP contribution in [0.15, 0.2) is 23.0 Å². The first-order chi connectivity index (χ1) is 10.1. The van der Waals surface area contributed by atoms with Gasteiger partial charge in [-0.05, 0) is 30.9 Å². The highest BCUT2D eigenvalue weighted by Crippen LogP contribution is 2.39. The van der Waals surface area contributed by atoms with E-state index in [-0.39, 0.29) is 18.0 Å². The van der Waals surface area contributed by atoms with E-state index < -0.39 is 0 Å². The summed E-state index contributed by atoms with van der Waals surface area (Å²) in [6, 6.07) is 6.99. The van der Waals surface area contributed by atoms with Crippen molar-refractivity contribution < 1.29 is 0 Å². The van der Waals surface area contributed by atoms with E-state index in [1.165, 1.54) is 4.57 Å². The Morgan fingerprint density at radius 2 is 2.29 bits per heavy atom. The van der Waals surface area contributed by atoms with E-state index in [0.717, 1.165) is 12.8 Å². The number of nitrogens with two attached hydrogens (primary N) is 1. The second kappa shape index (κ2) is 5.47. The minimum absolute atomic E-state index is 0.216. The zero-order chi connectivity index (χ0) is 15.0. The Balaban J connectivity index is 2.24.